The lowest BCUT2D eigenvalue weighted by atomic mass is 10.1. The molecular formula is C24H33ClN6O7S. The molecule has 13 nitrogen and oxygen atoms in total. The molecule has 1 aliphatic rings. The number of para-hydroxylation sites is 1. The molecule has 1 aromatic heterocycles. The third-order valence-electron chi connectivity index (χ3n) is 6.32. The number of hydrazine groups is 1. The molecule has 3 N–H and O–H groups in total. The van der Waals surface area contributed by atoms with Gasteiger partial charge in [0, 0.05) is 32.5 Å². The number of ether oxygens (including phenoxy) is 4. The van der Waals surface area contributed by atoms with E-state index < -0.39 is 21.4 Å². The third-order valence-corrected chi connectivity index (χ3v) is 8.22. The number of aromatic nitrogens is 2. The van der Waals surface area contributed by atoms with Gasteiger partial charge in [0.05, 0.1) is 25.3 Å². The van der Waals surface area contributed by atoms with E-state index in [1.165, 1.54) is 40.6 Å². The molecule has 0 unspecified atom stereocenters. The Morgan fingerprint density at radius 3 is 2.26 bits per heavy atom. The van der Waals surface area contributed by atoms with Crippen molar-refractivity contribution in [1.82, 2.24) is 25.5 Å². The second-order valence-electron chi connectivity index (χ2n) is 8.72. The minimum absolute atomic E-state index is 0.00727. The normalized spacial score (nSPS) is 19.2. The number of hydrogen-bond donors (Lipinski definition) is 3. The second kappa shape index (κ2) is 13.7. The molecule has 214 valence electrons. The van der Waals surface area contributed by atoms with Crippen LogP contribution < -0.4 is 25.0 Å². The van der Waals surface area contributed by atoms with E-state index in [9.17, 15) is 13.2 Å². The number of sulfonamides is 1. The quantitative estimate of drug-likeness (QED) is 0.214. The standard InChI is InChI=1S/C24H33ClN6O7S/c1-14(21(38-5)22-26-12-16(25)13-27-22)39(33,34)31-24(28-20-18(36-3)7-6-8-19(20)37-4)30-29-23(32)15-9-10-17(11-15)35-2/h6-8,12-15,17,21H,9-11H2,1-5H3,(H,29,32)(H2,28,30,31)/t14-,15-,17+,21-/m0/s1. The molecule has 0 radical (unpaired) electrons. The van der Waals surface area contributed by atoms with Crippen LogP contribution in [0.5, 0.6) is 11.5 Å². The Bertz CT molecular complexity index is 1240. The molecule has 1 aliphatic carbocycles. The summed E-state index contributed by atoms with van der Waals surface area (Å²) < 4.78 is 50.9. The number of nitrogens with zero attached hydrogens (tertiary/aromatic N) is 3. The van der Waals surface area contributed by atoms with E-state index >= 15 is 0 Å². The molecule has 2 aromatic rings. The number of carbonyl (C=O) groups is 1. The van der Waals surface area contributed by atoms with Crippen LogP contribution in [0.4, 0.5) is 5.69 Å². The van der Waals surface area contributed by atoms with Gasteiger partial charge in [0.1, 0.15) is 22.9 Å². The van der Waals surface area contributed by atoms with E-state index in [1.807, 2.05) is 0 Å². The van der Waals surface area contributed by atoms with Gasteiger partial charge in [0.2, 0.25) is 21.9 Å². The summed E-state index contributed by atoms with van der Waals surface area (Å²) in [6.45, 7) is 1.43. The van der Waals surface area contributed by atoms with Gasteiger partial charge < -0.3 is 18.9 Å². The Hall–Kier alpha value is -3.20. The lowest BCUT2D eigenvalue weighted by molar-refractivity contribution is -0.125. The fraction of sp³-hybridized carbons (Fsp3) is 0.500. The number of aliphatic imine (C=N–C) groups is 1. The van der Waals surface area contributed by atoms with E-state index in [1.54, 1.807) is 25.3 Å². The minimum atomic E-state index is -4.20. The summed E-state index contributed by atoms with van der Waals surface area (Å²) in [5, 5.41) is -0.898. The number of benzene rings is 1. The topological polar surface area (TPSA) is 162 Å². The summed E-state index contributed by atoms with van der Waals surface area (Å²) >= 11 is 5.87. The van der Waals surface area contributed by atoms with Gasteiger partial charge in [0.25, 0.3) is 0 Å². The average Bonchev–Trinajstić information content (AvgIpc) is 3.42. The number of rotatable bonds is 10. The van der Waals surface area contributed by atoms with E-state index in [0.717, 1.165) is 6.42 Å². The van der Waals surface area contributed by atoms with Crippen molar-refractivity contribution in [2.45, 2.75) is 43.6 Å². The Balaban J connectivity index is 1.91. The van der Waals surface area contributed by atoms with Crippen LogP contribution in [0.15, 0.2) is 35.6 Å². The van der Waals surface area contributed by atoms with E-state index in [2.05, 4.69) is 30.5 Å². The molecule has 0 aliphatic heterocycles. The van der Waals surface area contributed by atoms with Crippen molar-refractivity contribution in [2.75, 3.05) is 28.4 Å². The summed E-state index contributed by atoms with van der Waals surface area (Å²) in [4.78, 5) is 25.4. The number of methoxy groups -OCH3 is 4. The number of amides is 1. The van der Waals surface area contributed by atoms with E-state index in [-0.39, 0.29) is 35.4 Å². The maximum atomic E-state index is 13.5. The van der Waals surface area contributed by atoms with Gasteiger partial charge in [-0.1, -0.05) is 17.7 Å². The smallest absolute Gasteiger partial charge is 0.241 e. The average molecular weight is 585 g/mol. The SMILES string of the molecule is COc1cccc(OC)c1N=C(NNC(=O)[C@H]1CC[C@@H](OC)C1)NS(=O)(=O)[C@@H](C)[C@H](OC)c1ncc(Cl)cn1. The Morgan fingerprint density at radius 2 is 1.72 bits per heavy atom. The van der Waals surface area contributed by atoms with Crippen molar-refractivity contribution in [3.05, 3.63) is 41.4 Å². The third kappa shape index (κ3) is 7.68. The zero-order valence-corrected chi connectivity index (χ0v) is 23.9. The van der Waals surface area contributed by atoms with Gasteiger partial charge in [-0.25, -0.2) is 23.4 Å². The second-order valence-corrected chi connectivity index (χ2v) is 11.2. The largest absolute Gasteiger partial charge is 0.494 e. The van der Waals surface area contributed by atoms with Gasteiger partial charge >= 0.3 is 0 Å². The summed E-state index contributed by atoms with van der Waals surface area (Å²) in [5.74, 6) is -0.178. The van der Waals surface area contributed by atoms with Crippen LogP contribution in [0, 0.1) is 5.92 Å². The zero-order chi connectivity index (χ0) is 28.6. The fourth-order valence-electron chi connectivity index (χ4n) is 4.11. The molecule has 1 saturated carbocycles. The fourth-order valence-corrected chi connectivity index (χ4v) is 5.32. The number of nitrogens with one attached hydrogen (secondary N) is 3. The summed E-state index contributed by atoms with van der Waals surface area (Å²) in [6, 6.07) is 4.97. The van der Waals surface area contributed by atoms with Crippen LogP contribution in [0.2, 0.25) is 5.02 Å². The predicted molar refractivity (Wildman–Crippen MR) is 144 cm³/mol. The van der Waals surface area contributed by atoms with Crippen LogP contribution in [0.25, 0.3) is 0 Å². The summed E-state index contributed by atoms with van der Waals surface area (Å²) in [7, 11) is 1.63. The summed E-state index contributed by atoms with van der Waals surface area (Å²) in [5.41, 5.74) is 5.36. The molecule has 0 bridgehead atoms. The molecule has 1 heterocycles. The van der Waals surface area contributed by atoms with E-state index in [0.29, 0.717) is 29.4 Å². The minimum Gasteiger partial charge on any atom is -0.494 e. The number of halogens is 1. The molecule has 4 atom stereocenters. The Labute approximate surface area is 232 Å². The molecule has 39 heavy (non-hydrogen) atoms. The molecule has 15 heteroatoms. The first-order chi connectivity index (χ1) is 18.6. The number of carbonyl (C=O) groups excluding carboxylic acids is 1. The number of guanidine groups is 1. The highest BCUT2D eigenvalue weighted by Gasteiger charge is 2.34. The molecule has 1 aromatic carbocycles. The first kappa shape index (κ1) is 30.3. The van der Waals surface area contributed by atoms with Crippen molar-refractivity contribution in [3.63, 3.8) is 0 Å². The van der Waals surface area contributed by atoms with Gasteiger partial charge in [-0.05, 0) is 38.3 Å². The van der Waals surface area contributed by atoms with Crippen molar-refractivity contribution in [2.24, 2.45) is 10.9 Å². The molecule has 1 amide bonds. The number of hydrogen-bond acceptors (Lipinski definition) is 10. The molecule has 3 rings (SSSR count). The van der Waals surface area contributed by atoms with Crippen LogP contribution in [0.3, 0.4) is 0 Å². The van der Waals surface area contributed by atoms with Crippen molar-refractivity contribution < 1.29 is 32.2 Å². The van der Waals surface area contributed by atoms with Gasteiger partial charge in [-0.15, -0.1) is 0 Å². The van der Waals surface area contributed by atoms with Gasteiger partial charge in [-0.3, -0.25) is 20.4 Å². The lowest BCUT2D eigenvalue weighted by Gasteiger charge is -2.23. The highest BCUT2D eigenvalue weighted by molar-refractivity contribution is 7.90. The van der Waals surface area contributed by atoms with Crippen LogP contribution in [-0.4, -0.2) is 70.0 Å². The zero-order valence-electron chi connectivity index (χ0n) is 22.3. The molecule has 0 saturated heterocycles. The van der Waals surface area contributed by atoms with Crippen LogP contribution in [0.1, 0.15) is 38.1 Å². The maximum absolute atomic E-state index is 13.5. The lowest BCUT2D eigenvalue weighted by Crippen LogP contribution is -2.52. The van der Waals surface area contributed by atoms with Crippen LogP contribution >= 0.6 is 11.6 Å². The maximum Gasteiger partial charge on any atom is 0.241 e. The van der Waals surface area contributed by atoms with E-state index in [4.69, 9.17) is 30.5 Å². The van der Waals surface area contributed by atoms with Gasteiger partial charge in [0.15, 0.2) is 11.5 Å². The molecular weight excluding hydrogens is 552 g/mol. The van der Waals surface area contributed by atoms with Crippen molar-refractivity contribution >= 4 is 39.2 Å². The summed E-state index contributed by atoms with van der Waals surface area (Å²) in [6.07, 6.45) is 3.58. The highest BCUT2D eigenvalue weighted by Crippen LogP contribution is 2.37. The first-order valence-corrected chi connectivity index (χ1v) is 14.0. The Morgan fingerprint density at radius 1 is 1.08 bits per heavy atom. The Kier molecular flexibility index (Phi) is 10.7. The highest BCUT2D eigenvalue weighted by atomic mass is 35.5. The monoisotopic (exact) mass is 584 g/mol. The molecule has 1 fully saturated rings. The first-order valence-electron chi connectivity index (χ1n) is 12.0. The van der Waals surface area contributed by atoms with Crippen molar-refractivity contribution in [3.8, 4) is 11.5 Å². The molecule has 0 spiro atoms. The van der Waals surface area contributed by atoms with Crippen LogP contribution in [-0.2, 0) is 24.3 Å². The van der Waals surface area contributed by atoms with Crippen molar-refractivity contribution in [1.29, 1.82) is 0 Å². The van der Waals surface area contributed by atoms with Gasteiger partial charge in [-0.2, -0.15) is 0 Å². The predicted octanol–water partition coefficient (Wildman–Crippen LogP) is 2.27.